The number of aliphatic carboxylic acids is 2. The molecule has 0 aliphatic heterocycles. The van der Waals surface area contributed by atoms with Crippen molar-refractivity contribution in [2.24, 2.45) is 0 Å². The number of nitrogens with one attached hydrogen (secondary N) is 3. The number of alkyl halides is 3. The Bertz CT molecular complexity index is 591. The lowest BCUT2D eigenvalue weighted by Gasteiger charge is -2.22. The van der Waals surface area contributed by atoms with E-state index in [1.165, 1.54) is 30.1 Å². The van der Waals surface area contributed by atoms with Crippen molar-refractivity contribution < 1.29 is 42.6 Å². The second kappa shape index (κ2) is 17.7. The molecule has 9 nitrogen and oxygen atoms in total. The van der Waals surface area contributed by atoms with E-state index in [9.17, 15) is 27.6 Å². The highest BCUT2D eigenvalue weighted by molar-refractivity contribution is 8.76. The number of carboxylic acid groups (broad SMARTS) is 2. The predicted octanol–water partition coefficient (Wildman–Crippen LogP) is 3.00. The zero-order valence-electron chi connectivity index (χ0n) is 17.5. The molecule has 0 bridgehead atoms. The standard InChI is InChI=1S/C16H29N3O4S2.C2HF3O2/c20-14(17-10-12-25-24-11-8-15(21)22)7-4-9-18-16(23)19-13-5-2-1-3-6-13;3-2(4,5)1(6)7/h13H,1-12H2,(H,17,20)(H,21,22)(H2,18,19,23);(H,6,7). The van der Waals surface area contributed by atoms with E-state index in [1.807, 2.05) is 0 Å². The summed E-state index contributed by atoms with van der Waals surface area (Å²) in [7, 11) is 3.06. The van der Waals surface area contributed by atoms with Gasteiger partial charge < -0.3 is 26.2 Å². The molecule has 186 valence electrons. The van der Waals surface area contributed by atoms with Crippen molar-refractivity contribution in [3.63, 3.8) is 0 Å². The van der Waals surface area contributed by atoms with Crippen LogP contribution in [0.15, 0.2) is 0 Å². The fraction of sp³-hybridized carbons (Fsp3) is 0.778. The number of carbonyl (C=O) groups is 4. The topological polar surface area (TPSA) is 145 Å². The maximum Gasteiger partial charge on any atom is 0.490 e. The van der Waals surface area contributed by atoms with Crippen molar-refractivity contribution in [2.45, 2.75) is 63.6 Å². The molecule has 0 unspecified atom stereocenters. The second-order valence-electron chi connectivity index (χ2n) is 6.78. The number of hydrogen-bond acceptors (Lipinski definition) is 6. The van der Waals surface area contributed by atoms with E-state index >= 15 is 0 Å². The Morgan fingerprint density at radius 3 is 2.03 bits per heavy atom. The largest absolute Gasteiger partial charge is 0.490 e. The first kappa shape index (κ1) is 30.2. The zero-order chi connectivity index (χ0) is 24.4. The van der Waals surface area contributed by atoms with Crippen LogP contribution in [0.1, 0.15) is 51.4 Å². The summed E-state index contributed by atoms with van der Waals surface area (Å²) >= 11 is 0. The highest BCUT2D eigenvalue weighted by atomic mass is 33.1. The summed E-state index contributed by atoms with van der Waals surface area (Å²) in [5.74, 6) is -2.25. The van der Waals surface area contributed by atoms with Gasteiger partial charge in [-0.1, -0.05) is 40.9 Å². The third kappa shape index (κ3) is 18.9. The van der Waals surface area contributed by atoms with Crippen LogP contribution in [-0.4, -0.2) is 70.9 Å². The van der Waals surface area contributed by atoms with Gasteiger partial charge in [0.2, 0.25) is 5.91 Å². The molecule has 5 N–H and O–H groups in total. The molecule has 0 atom stereocenters. The fourth-order valence-corrected chi connectivity index (χ4v) is 4.39. The Hall–Kier alpha value is -1.83. The number of carbonyl (C=O) groups excluding carboxylic acids is 2. The third-order valence-electron chi connectivity index (χ3n) is 4.04. The third-order valence-corrected chi connectivity index (χ3v) is 6.45. The predicted molar refractivity (Wildman–Crippen MR) is 117 cm³/mol. The Labute approximate surface area is 192 Å². The number of urea groups is 1. The Kier molecular flexibility index (Phi) is 16.7. The van der Waals surface area contributed by atoms with Gasteiger partial charge in [0.15, 0.2) is 0 Å². The van der Waals surface area contributed by atoms with Crippen LogP contribution in [0.3, 0.4) is 0 Å². The molecule has 1 rings (SSSR count). The van der Waals surface area contributed by atoms with Crippen LogP contribution in [0.25, 0.3) is 0 Å². The fourth-order valence-electron chi connectivity index (χ4n) is 2.50. The van der Waals surface area contributed by atoms with Crippen molar-refractivity contribution in [1.82, 2.24) is 16.0 Å². The Morgan fingerprint density at radius 2 is 1.47 bits per heavy atom. The SMILES string of the molecule is O=C(O)C(F)(F)F.O=C(O)CCSSCCNC(=O)CCCNC(=O)NC1CCCCC1. The minimum atomic E-state index is -5.08. The van der Waals surface area contributed by atoms with Crippen molar-refractivity contribution in [1.29, 1.82) is 0 Å². The first-order chi connectivity index (χ1) is 15.0. The molecule has 1 saturated carbocycles. The van der Waals surface area contributed by atoms with Gasteiger partial charge in [0, 0.05) is 37.1 Å². The number of halogens is 3. The number of rotatable bonds is 12. The number of amides is 3. The van der Waals surface area contributed by atoms with E-state index in [4.69, 9.17) is 15.0 Å². The molecule has 1 aliphatic rings. The molecule has 3 amide bonds. The number of hydrogen-bond donors (Lipinski definition) is 5. The highest BCUT2D eigenvalue weighted by Crippen LogP contribution is 2.21. The second-order valence-corrected chi connectivity index (χ2v) is 9.48. The average molecular weight is 506 g/mol. The first-order valence-electron chi connectivity index (χ1n) is 10.1. The summed E-state index contributed by atoms with van der Waals surface area (Å²) in [4.78, 5) is 42.6. The minimum absolute atomic E-state index is 0.0226. The van der Waals surface area contributed by atoms with Gasteiger partial charge in [-0.25, -0.2) is 9.59 Å². The van der Waals surface area contributed by atoms with Crippen LogP contribution in [0.5, 0.6) is 0 Å². The Morgan fingerprint density at radius 1 is 0.875 bits per heavy atom. The molecule has 14 heteroatoms. The van der Waals surface area contributed by atoms with Gasteiger partial charge in [-0.3, -0.25) is 9.59 Å². The summed E-state index contributed by atoms with van der Waals surface area (Å²) in [6, 6.07) is 0.157. The summed E-state index contributed by atoms with van der Waals surface area (Å²) in [6.07, 6.45) is 1.82. The molecule has 32 heavy (non-hydrogen) atoms. The van der Waals surface area contributed by atoms with E-state index in [0.717, 1.165) is 18.6 Å². The average Bonchev–Trinajstić information content (AvgIpc) is 2.71. The van der Waals surface area contributed by atoms with Gasteiger partial charge in [0.05, 0.1) is 6.42 Å². The van der Waals surface area contributed by atoms with Crippen LogP contribution in [0.4, 0.5) is 18.0 Å². The van der Waals surface area contributed by atoms with Crippen molar-refractivity contribution in [2.75, 3.05) is 24.6 Å². The van der Waals surface area contributed by atoms with E-state index < -0.39 is 18.1 Å². The maximum absolute atomic E-state index is 11.7. The van der Waals surface area contributed by atoms with Gasteiger partial charge in [-0.2, -0.15) is 13.2 Å². The zero-order valence-corrected chi connectivity index (χ0v) is 19.2. The van der Waals surface area contributed by atoms with Gasteiger partial charge >= 0.3 is 24.1 Å². The first-order valence-corrected chi connectivity index (χ1v) is 12.6. The van der Waals surface area contributed by atoms with Crippen LogP contribution in [0.2, 0.25) is 0 Å². The lowest BCUT2D eigenvalue weighted by Crippen LogP contribution is -2.43. The van der Waals surface area contributed by atoms with E-state index in [1.54, 1.807) is 10.8 Å². The highest BCUT2D eigenvalue weighted by Gasteiger charge is 2.38. The summed E-state index contributed by atoms with van der Waals surface area (Å²) in [5.41, 5.74) is 0. The summed E-state index contributed by atoms with van der Waals surface area (Å²) < 4.78 is 31.7. The lowest BCUT2D eigenvalue weighted by molar-refractivity contribution is -0.192. The van der Waals surface area contributed by atoms with E-state index in [-0.39, 0.29) is 18.4 Å². The quantitative estimate of drug-likeness (QED) is 0.201. The van der Waals surface area contributed by atoms with Crippen LogP contribution < -0.4 is 16.0 Å². The molecular weight excluding hydrogens is 475 g/mol. The Balaban J connectivity index is 0.00000118. The molecule has 0 saturated heterocycles. The van der Waals surface area contributed by atoms with Crippen molar-refractivity contribution in [3.8, 4) is 0 Å². The van der Waals surface area contributed by atoms with Gasteiger partial charge in [0.25, 0.3) is 0 Å². The van der Waals surface area contributed by atoms with E-state index in [0.29, 0.717) is 37.7 Å². The molecule has 1 fully saturated rings. The van der Waals surface area contributed by atoms with Crippen LogP contribution in [-0.2, 0) is 14.4 Å². The molecule has 0 radical (unpaired) electrons. The van der Waals surface area contributed by atoms with E-state index in [2.05, 4.69) is 16.0 Å². The monoisotopic (exact) mass is 505 g/mol. The number of carboxylic acids is 2. The molecule has 0 aromatic rings. The summed E-state index contributed by atoms with van der Waals surface area (Å²) in [6.45, 7) is 1.06. The van der Waals surface area contributed by atoms with Crippen LogP contribution in [0, 0.1) is 0 Å². The van der Waals surface area contributed by atoms with Gasteiger partial charge in [-0.15, -0.1) is 0 Å². The lowest BCUT2D eigenvalue weighted by atomic mass is 9.96. The minimum Gasteiger partial charge on any atom is -0.481 e. The molecular formula is C18H30F3N3O6S2. The van der Waals surface area contributed by atoms with Crippen molar-refractivity contribution >= 4 is 45.5 Å². The van der Waals surface area contributed by atoms with Crippen LogP contribution >= 0.6 is 21.6 Å². The molecule has 1 aliphatic carbocycles. The smallest absolute Gasteiger partial charge is 0.481 e. The normalized spacial score (nSPS) is 14.0. The molecule has 0 aromatic carbocycles. The molecule has 0 spiro atoms. The van der Waals surface area contributed by atoms with Crippen molar-refractivity contribution in [3.05, 3.63) is 0 Å². The molecule has 0 aromatic heterocycles. The van der Waals surface area contributed by atoms with Gasteiger partial charge in [0.1, 0.15) is 0 Å². The maximum atomic E-state index is 11.7. The molecule has 0 heterocycles. The summed E-state index contributed by atoms with van der Waals surface area (Å²) in [5, 5.41) is 24.2. The van der Waals surface area contributed by atoms with Gasteiger partial charge in [-0.05, 0) is 19.3 Å².